The molecule has 0 bridgehead atoms. The Morgan fingerprint density at radius 1 is 0.853 bits per heavy atom. The first-order valence-electron chi connectivity index (χ1n) is 11.3. The number of rotatable bonds is 9. The second kappa shape index (κ2) is 11.8. The van der Waals surface area contributed by atoms with Crippen LogP contribution in [0.15, 0.2) is 59.5 Å². The number of aryl methyl sites for hydroxylation is 1. The molecule has 0 aromatic heterocycles. The first-order valence-corrected chi connectivity index (χ1v) is 12.7. The summed E-state index contributed by atoms with van der Waals surface area (Å²) in [6.45, 7) is 2.76. The molecule has 1 heterocycles. The van der Waals surface area contributed by atoms with Gasteiger partial charge in [0.2, 0.25) is 27.7 Å². The van der Waals surface area contributed by atoms with Gasteiger partial charge < -0.3 is 15.5 Å². The molecule has 1 aliphatic heterocycles. The second-order valence-corrected chi connectivity index (χ2v) is 9.87. The number of hydrogen-bond acceptors (Lipinski definition) is 5. The van der Waals surface area contributed by atoms with E-state index in [0.29, 0.717) is 5.69 Å². The minimum atomic E-state index is -3.59. The molecule has 0 aliphatic carbocycles. The van der Waals surface area contributed by atoms with Crippen molar-refractivity contribution < 1.29 is 22.8 Å². The topological polar surface area (TPSA) is 116 Å². The minimum absolute atomic E-state index is 0.00242. The molecule has 10 heteroatoms. The van der Waals surface area contributed by atoms with Crippen LogP contribution in [0, 0.1) is 0 Å². The fourth-order valence-electron chi connectivity index (χ4n) is 3.71. The average molecular weight is 487 g/mol. The van der Waals surface area contributed by atoms with Crippen molar-refractivity contribution in [3.05, 3.63) is 60.2 Å². The van der Waals surface area contributed by atoms with Gasteiger partial charge in [0.25, 0.3) is 0 Å². The Morgan fingerprint density at radius 2 is 1.50 bits per heavy atom. The van der Waals surface area contributed by atoms with Crippen molar-refractivity contribution in [1.29, 1.82) is 0 Å². The molecule has 182 valence electrons. The number of carbonyl (C=O) groups is 3. The predicted molar refractivity (Wildman–Crippen MR) is 128 cm³/mol. The smallest absolute Gasteiger partial charge is 0.243 e. The van der Waals surface area contributed by atoms with E-state index in [9.17, 15) is 22.8 Å². The van der Waals surface area contributed by atoms with E-state index in [1.807, 2.05) is 31.2 Å². The van der Waals surface area contributed by atoms with Crippen LogP contribution in [0.2, 0.25) is 0 Å². The maximum Gasteiger partial charge on any atom is 0.243 e. The molecule has 0 atom stereocenters. The van der Waals surface area contributed by atoms with E-state index in [1.54, 1.807) is 35.2 Å². The third kappa shape index (κ3) is 6.64. The summed E-state index contributed by atoms with van der Waals surface area (Å²) in [5.74, 6) is -0.942. The molecule has 3 amide bonds. The van der Waals surface area contributed by atoms with Gasteiger partial charge in [0.15, 0.2) is 0 Å². The number of piperazine rings is 1. The maximum atomic E-state index is 12.7. The zero-order valence-corrected chi connectivity index (χ0v) is 20.0. The highest BCUT2D eigenvalue weighted by molar-refractivity contribution is 7.89. The normalized spacial score (nSPS) is 14.4. The largest absolute Gasteiger partial charge is 0.347 e. The van der Waals surface area contributed by atoms with Crippen LogP contribution >= 0.6 is 0 Å². The van der Waals surface area contributed by atoms with Gasteiger partial charge in [-0.05, 0) is 30.2 Å². The fraction of sp³-hybridized carbons (Fsp3) is 0.375. The highest BCUT2D eigenvalue weighted by Gasteiger charge is 2.30. The summed E-state index contributed by atoms with van der Waals surface area (Å²) in [4.78, 5) is 38.5. The summed E-state index contributed by atoms with van der Waals surface area (Å²) >= 11 is 0. The van der Waals surface area contributed by atoms with Crippen molar-refractivity contribution in [1.82, 2.24) is 14.5 Å². The molecule has 2 aromatic rings. The molecule has 0 unspecified atom stereocenters. The standard InChI is InChI=1S/C24H30N4O5S/c1-2-19-8-6-7-11-21(19)26-23(30)18-25-22(29)12-13-24(31)27-14-16-28(17-15-27)34(32,33)20-9-4-3-5-10-20/h3-11H,2,12-18H2,1H3,(H,25,29)(H,26,30). The van der Waals surface area contributed by atoms with Gasteiger partial charge in [0.05, 0.1) is 11.4 Å². The second-order valence-electron chi connectivity index (χ2n) is 7.93. The zero-order valence-electron chi connectivity index (χ0n) is 19.2. The number of hydrogen-bond donors (Lipinski definition) is 2. The number of benzene rings is 2. The Bertz CT molecular complexity index is 1110. The van der Waals surface area contributed by atoms with Crippen LogP contribution in [-0.4, -0.2) is 68.1 Å². The van der Waals surface area contributed by atoms with Gasteiger partial charge in [-0.25, -0.2) is 8.42 Å². The summed E-state index contributed by atoms with van der Waals surface area (Å²) in [6, 6.07) is 15.7. The van der Waals surface area contributed by atoms with Crippen LogP contribution < -0.4 is 10.6 Å². The van der Waals surface area contributed by atoms with E-state index in [4.69, 9.17) is 0 Å². The Morgan fingerprint density at radius 3 is 2.18 bits per heavy atom. The third-order valence-corrected chi connectivity index (χ3v) is 7.57. The summed E-state index contributed by atoms with van der Waals surface area (Å²) in [5, 5.41) is 5.31. The molecule has 2 N–H and O–H groups in total. The predicted octanol–water partition coefficient (Wildman–Crippen LogP) is 1.62. The maximum absolute atomic E-state index is 12.7. The van der Waals surface area contributed by atoms with Crippen molar-refractivity contribution in [2.24, 2.45) is 0 Å². The number of sulfonamides is 1. The van der Waals surface area contributed by atoms with Gasteiger partial charge in [0.1, 0.15) is 0 Å². The average Bonchev–Trinajstić information content (AvgIpc) is 2.87. The lowest BCUT2D eigenvalue weighted by molar-refractivity contribution is -0.134. The highest BCUT2D eigenvalue weighted by Crippen LogP contribution is 2.18. The van der Waals surface area contributed by atoms with Crippen LogP contribution in [-0.2, 0) is 30.8 Å². The summed E-state index contributed by atoms with van der Waals surface area (Å²) in [6.07, 6.45) is 0.731. The van der Waals surface area contributed by atoms with Crippen molar-refractivity contribution in [3.8, 4) is 0 Å². The highest BCUT2D eigenvalue weighted by atomic mass is 32.2. The van der Waals surface area contributed by atoms with Crippen molar-refractivity contribution >= 4 is 33.4 Å². The lowest BCUT2D eigenvalue weighted by Crippen LogP contribution is -2.50. The molecule has 0 saturated carbocycles. The Hall–Kier alpha value is -3.24. The summed E-state index contributed by atoms with van der Waals surface area (Å²) in [5.41, 5.74) is 1.72. The number of para-hydroxylation sites is 1. The van der Waals surface area contributed by atoms with Crippen LogP contribution in [0.4, 0.5) is 5.69 Å². The molecule has 2 aromatic carbocycles. The fourth-order valence-corrected chi connectivity index (χ4v) is 5.15. The van der Waals surface area contributed by atoms with Crippen molar-refractivity contribution in [2.75, 3.05) is 38.0 Å². The van der Waals surface area contributed by atoms with Crippen LogP contribution in [0.25, 0.3) is 0 Å². The quantitative estimate of drug-likeness (QED) is 0.559. The number of nitrogens with one attached hydrogen (secondary N) is 2. The lowest BCUT2D eigenvalue weighted by atomic mass is 10.1. The third-order valence-electron chi connectivity index (χ3n) is 5.66. The monoisotopic (exact) mass is 486 g/mol. The van der Waals surface area contributed by atoms with Gasteiger partial charge in [-0.3, -0.25) is 14.4 Å². The van der Waals surface area contributed by atoms with Crippen LogP contribution in [0.5, 0.6) is 0 Å². The van der Waals surface area contributed by atoms with E-state index in [1.165, 1.54) is 4.31 Å². The van der Waals surface area contributed by atoms with Gasteiger partial charge in [-0.2, -0.15) is 4.31 Å². The van der Waals surface area contributed by atoms with Gasteiger partial charge in [-0.1, -0.05) is 43.3 Å². The van der Waals surface area contributed by atoms with E-state index in [2.05, 4.69) is 10.6 Å². The first-order chi connectivity index (χ1) is 16.3. The minimum Gasteiger partial charge on any atom is -0.347 e. The van der Waals surface area contributed by atoms with E-state index in [-0.39, 0.29) is 62.3 Å². The van der Waals surface area contributed by atoms with E-state index >= 15 is 0 Å². The van der Waals surface area contributed by atoms with Crippen molar-refractivity contribution in [2.45, 2.75) is 31.1 Å². The number of anilines is 1. The van der Waals surface area contributed by atoms with Gasteiger partial charge >= 0.3 is 0 Å². The molecule has 1 fully saturated rings. The zero-order chi connectivity index (χ0) is 24.6. The van der Waals surface area contributed by atoms with E-state index < -0.39 is 15.9 Å². The Balaban J connectivity index is 1.39. The number of amides is 3. The summed E-state index contributed by atoms with van der Waals surface area (Å²) < 4.78 is 26.8. The van der Waals surface area contributed by atoms with Crippen LogP contribution in [0.3, 0.4) is 0 Å². The number of carbonyl (C=O) groups excluding carboxylic acids is 3. The molecule has 9 nitrogen and oxygen atoms in total. The Labute approximate surface area is 200 Å². The molecular formula is C24H30N4O5S. The SMILES string of the molecule is CCc1ccccc1NC(=O)CNC(=O)CCC(=O)N1CCN(S(=O)(=O)c2ccccc2)CC1. The molecular weight excluding hydrogens is 456 g/mol. The Kier molecular flexibility index (Phi) is 8.78. The molecule has 3 rings (SSSR count). The molecule has 1 saturated heterocycles. The first kappa shape index (κ1) is 25.4. The molecule has 0 spiro atoms. The number of nitrogens with zero attached hydrogens (tertiary/aromatic N) is 2. The van der Waals surface area contributed by atoms with Crippen molar-refractivity contribution in [3.63, 3.8) is 0 Å². The molecule has 34 heavy (non-hydrogen) atoms. The van der Waals surface area contributed by atoms with E-state index in [0.717, 1.165) is 12.0 Å². The van der Waals surface area contributed by atoms with Gasteiger partial charge in [0, 0.05) is 44.7 Å². The lowest BCUT2D eigenvalue weighted by Gasteiger charge is -2.34. The summed E-state index contributed by atoms with van der Waals surface area (Å²) in [7, 11) is -3.59. The van der Waals surface area contributed by atoms with Gasteiger partial charge in [-0.15, -0.1) is 0 Å². The molecule has 0 radical (unpaired) electrons. The molecule has 1 aliphatic rings. The van der Waals surface area contributed by atoms with Crippen LogP contribution in [0.1, 0.15) is 25.3 Å².